The fraction of sp³-hybridized carbons (Fsp3) is 0.429. The molecule has 1 N–H and O–H groups in total. The number of fused-ring (bicyclic) bond motifs is 1. The van der Waals surface area contributed by atoms with Crippen LogP contribution < -0.4 is 5.32 Å². The van der Waals surface area contributed by atoms with Crippen LogP contribution in [0.5, 0.6) is 0 Å². The van der Waals surface area contributed by atoms with Crippen LogP contribution in [0.3, 0.4) is 0 Å². The first-order chi connectivity index (χ1) is 8.68. The van der Waals surface area contributed by atoms with Crippen molar-refractivity contribution in [1.82, 2.24) is 5.32 Å². The van der Waals surface area contributed by atoms with Gasteiger partial charge in [-0.1, -0.05) is 6.92 Å². The lowest BCUT2D eigenvalue weighted by atomic mass is 9.81. The minimum atomic E-state index is -0.554. The SMILES string of the molecule is C[C@H]1CNCC[C@H]1c1c(F)cc(F)c2ccoc12.Cl. The van der Waals surface area contributed by atoms with E-state index in [9.17, 15) is 8.78 Å². The van der Waals surface area contributed by atoms with E-state index < -0.39 is 11.6 Å². The van der Waals surface area contributed by atoms with Gasteiger partial charge in [-0.2, -0.15) is 0 Å². The Morgan fingerprint density at radius 1 is 1.32 bits per heavy atom. The third-order valence-electron chi connectivity index (χ3n) is 3.83. The largest absolute Gasteiger partial charge is 0.464 e. The maximum atomic E-state index is 14.1. The highest BCUT2D eigenvalue weighted by Gasteiger charge is 2.29. The molecule has 1 aromatic heterocycles. The first-order valence-corrected chi connectivity index (χ1v) is 6.24. The minimum absolute atomic E-state index is 0. The van der Waals surface area contributed by atoms with Gasteiger partial charge >= 0.3 is 0 Å². The Morgan fingerprint density at radius 3 is 2.84 bits per heavy atom. The highest BCUT2D eigenvalue weighted by atomic mass is 35.5. The zero-order chi connectivity index (χ0) is 12.7. The van der Waals surface area contributed by atoms with E-state index >= 15 is 0 Å². The number of furan rings is 1. The van der Waals surface area contributed by atoms with Crippen LogP contribution in [0.2, 0.25) is 0 Å². The van der Waals surface area contributed by atoms with Crippen molar-refractivity contribution in [2.75, 3.05) is 13.1 Å². The van der Waals surface area contributed by atoms with E-state index in [1.165, 1.54) is 6.26 Å². The molecule has 1 aromatic carbocycles. The summed E-state index contributed by atoms with van der Waals surface area (Å²) in [6.07, 6.45) is 2.27. The molecule has 0 saturated carbocycles. The molecular formula is C14H16ClF2NO. The Balaban J connectivity index is 0.00000133. The van der Waals surface area contributed by atoms with Crippen molar-refractivity contribution in [3.05, 3.63) is 35.6 Å². The molecule has 2 heterocycles. The average molecular weight is 288 g/mol. The smallest absolute Gasteiger partial charge is 0.143 e. The average Bonchev–Trinajstić information content (AvgIpc) is 2.81. The van der Waals surface area contributed by atoms with Gasteiger partial charge < -0.3 is 9.73 Å². The summed E-state index contributed by atoms with van der Waals surface area (Å²) in [5, 5.41) is 3.65. The number of benzene rings is 1. The molecule has 3 rings (SSSR count). The lowest BCUT2D eigenvalue weighted by Crippen LogP contribution is -2.34. The fourth-order valence-corrected chi connectivity index (χ4v) is 2.87. The maximum absolute atomic E-state index is 14.1. The predicted molar refractivity (Wildman–Crippen MR) is 72.8 cm³/mol. The summed E-state index contributed by atoms with van der Waals surface area (Å²) in [6, 6.07) is 2.53. The Hall–Kier alpha value is -1.13. The van der Waals surface area contributed by atoms with Crippen molar-refractivity contribution in [3.8, 4) is 0 Å². The van der Waals surface area contributed by atoms with E-state index in [1.807, 2.05) is 0 Å². The molecule has 5 heteroatoms. The van der Waals surface area contributed by atoms with Gasteiger partial charge in [0.2, 0.25) is 0 Å². The van der Waals surface area contributed by atoms with E-state index in [4.69, 9.17) is 4.42 Å². The number of piperidine rings is 1. The van der Waals surface area contributed by atoms with Crippen LogP contribution in [0, 0.1) is 17.6 Å². The zero-order valence-corrected chi connectivity index (χ0v) is 11.4. The highest BCUT2D eigenvalue weighted by Crippen LogP contribution is 2.37. The quantitative estimate of drug-likeness (QED) is 0.862. The topological polar surface area (TPSA) is 25.2 Å². The molecular weight excluding hydrogens is 272 g/mol. The van der Waals surface area contributed by atoms with Gasteiger partial charge in [0.05, 0.1) is 11.6 Å². The van der Waals surface area contributed by atoms with E-state index in [-0.39, 0.29) is 18.3 Å². The molecule has 104 valence electrons. The van der Waals surface area contributed by atoms with Gasteiger partial charge in [0.1, 0.15) is 17.2 Å². The first-order valence-electron chi connectivity index (χ1n) is 6.24. The summed E-state index contributed by atoms with van der Waals surface area (Å²) < 4.78 is 33.0. The van der Waals surface area contributed by atoms with Gasteiger partial charge in [-0.25, -0.2) is 8.78 Å². The molecule has 1 aliphatic heterocycles. The summed E-state index contributed by atoms with van der Waals surface area (Å²) >= 11 is 0. The minimum Gasteiger partial charge on any atom is -0.464 e. The molecule has 1 aliphatic rings. The molecule has 0 spiro atoms. The van der Waals surface area contributed by atoms with Crippen molar-refractivity contribution < 1.29 is 13.2 Å². The van der Waals surface area contributed by atoms with Crippen molar-refractivity contribution in [1.29, 1.82) is 0 Å². The Kier molecular flexibility index (Phi) is 4.11. The number of rotatable bonds is 1. The van der Waals surface area contributed by atoms with Crippen LogP contribution in [-0.4, -0.2) is 13.1 Å². The Morgan fingerprint density at radius 2 is 2.11 bits per heavy atom. The first kappa shape index (κ1) is 14.3. The van der Waals surface area contributed by atoms with E-state index in [2.05, 4.69) is 12.2 Å². The third kappa shape index (κ3) is 2.35. The maximum Gasteiger partial charge on any atom is 0.143 e. The Bertz CT molecular complexity index is 584. The number of nitrogens with one attached hydrogen (secondary N) is 1. The van der Waals surface area contributed by atoms with Crippen LogP contribution in [0.15, 0.2) is 22.8 Å². The number of halogens is 3. The fourth-order valence-electron chi connectivity index (χ4n) is 2.87. The zero-order valence-electron chi connectivity index (χ0n) is 10.6. The molecule has 0 unspecified atom stereocenters. The van der Waals surface area contributed by atoms with Gasteiger partial charge in [-0.15, -0.1) is 12.4 Å². The summed E-state index contributed by atoms with van der Waals surface area (Å²) in [6.45, 7) is 3.78. The molecule has 2 aromatic rings. The standard InChI is InChI=1S/C14H15F2NO.ClH/c1-8-7-17-4-2-9(8)13-12(16)6-11(15)10-3-5-18-14(10)13;/h3,5-6,8-9,17H,2,4,7H2,1H3;1H/t8-,9+;/m0./s1. The number of hydrogen-bond acceptors (Lipinski definition) is 2. The normalized spacial score (nSPS) is 23.3. The molecule has 1 fully saturated rings. The predicted octanol–water partition coefficient (Wildman–Crippen LogP) is 3.85. The van der Waals surface area contributed by atoms with Crippen molar-refractivity contribution >= 4 is 23.4 Å². The van der Waals surface area contributed by atoms with E-state index in [1.54, 1.807) is 6.07 Å². The molecule has 2 nitrogen and oxygen atoms in total. The van der Waals surface area contributed by atoms with Gasteiger partial charge in [-0.05, 0) is 37.4 Å². The van der Waals surface area contributed by atoms with E-state index in [0.717, 1.165) is 25.6 Å². The van der Waals surface area contributed by atoms with Gasteiger partial charge in [0, 0.05) is 11.6 Å². The molecule has 19 heavy (non-hydrogen) atoms. The Labute approximate surface area is 116 Å². The van der Waals surface area contributed by atoms with E-state index in [0.29, 0.717) is 22.5 Å². The lowest BCUT2D eigenvalue weighted by molar-refractivity contribution is 0.340. The summed E-state index contributed by atoms with van der Waals surface area (Å²) in [5.41, 5.74) is 0.900. The molecule has 0 amide bonds. The van der Waals surface area contributed by atoms with Crippen molar-refractivity contribution in [2.24, 2.45) is 5.92 Å². The molecule has 1 saturated heterocycles. The molecule has 0 aliphatic carbocycles. The van der Waals surface area contributed by atoms with Crippen LogP contribution in [0.4, 0.5) is 8.78 Å². The summed E-state index contributed by atoms with van der Waals surface area (Å²) in [4.78, 5) is 0. The summed E-state index contributed by atoms with van der Waals surface area (Å²) in [5.74, 6) is -0.650. The van der Waals surface area contributed by atoms with Gasteiger partial charge in [0.25, 0.3) is 0 Å². The molecule has 0 bridgehead atoms. The second kappa shape index (κ2) is 5.47. The second-order valence-electron chi connectivity index (χ2n) is 4.99. The highest BCUT2D eigenvalue weighted by molar-refractivity contribution is 5.85. The summed E-state index contributed by atoms with van der Waals surface area (Å²) in [7, 11) is 0. The van der Waals surface area contributed by atoms with Gasteiger partial charge in [0.15, 0.2) is 0 Å². The lowest BCUT2D eigenvalue weighted by Gasteiger charge is -2.30. The van der Waals surface area contributed by atoms with Crippen LogP contribution >= 0.6 is 12.4 Å². The second-order valence-corrected chi connectivity index (χ2v) is 4.99. The van der Waals surface area contributed by atoms with Crippen LogP contribution in [-0.2, 0) is 0 Å². The monoisotopic (exact) mass is 287 g/mol. The number of hydrogen-bond donors (Lipinski definition) is 1. The molecule has 2 atom stereocenters. The molecule has 0 radical (unpaired) electrons. The van der Waals surface area contributed by atoms with Crippen molar-refractivity contribution in [3.63, 3.8) is 0 Å². The van der Waals surface area contributed by atoms with Gasteiger partial charge in [-0.3, -0.25) is 0 Å². The van der Waals surface area contributed by atoms with Crippen molar-refractivity contribution in [2.45, 2.75) is 19.3 Å². The van der Waals surface area contributed by atoms with Crippen LogP contribution in [0.1, 0.15) is 24.8 Å². The third-order valence-corrected chi connectivity index (χ3v) is 3.83. The van der Waals surface area contributed by atoms with Crippen LogP contribution in [0.25, 0.3) is 11.0 Å².